The molecule has 0 unspecified atom stereocenters. The van der Waals surface area contributed by atoms with Gasteiger partial charge in [0.2, 0.25) is 21.8 Å². The van der Waals surface area contributed by atoms with Crippen LogP contribution in [0.5, 0.6) is 0 Å². The van der Waals surface area contributed by atoms with Crippen molar-refractivity contribution in [3.05, 3.63) is 101 Å². The second-order valence-corrected chi connectivity index (χ2v) is 11.9. The minimum absolute atomic E-state index is 0.128. The molecule has 3 aromatic rings. The van der Waals surface area contributed by atoms with Crippen molar-refractivity contribution in [2.45, 2.75) is 52.7 Å². The van der Waals surface area contributed by atoms with Crippen molar-refractivity contribution in [2.24, 2.45) is 0 Å². The molecule has 0 fully saturated rings. The van der Waals surface area contributed by atoms with E-state index in [1.54, 1.807) is 18.2 Å². The van der Waals surface area contributed by atoms with Gasteiger partial charge in [0.25, 0.3) is 0 Å². The average Bonchev–Trinajstić information content (AvgIpc) is 2.85. The van der Waals surface area contributed by atoms with E-state index in [1.165, 1.54) is 4.90 Å². The Balaban J connectivity index is 2.05. The van der Waals surface area contributed by atoms with Gasteiger partial charge in [-0.25, -0.2) is 8.42 Å². The summed E-state index contributed by atoms with van der Waals surface area (Å²) in [5, 5.41) is 2.95. The molecule has 0 heterocycles. The van der Waals surface area contributed by atoms with Gasteiger partial charge in [0, 0.05) is 19.0 Å². The number of carbonyl (C=O) groups is 2. The zero-order chi connectivity index (χ0) is 27.9. The first-order chi connectivity index (χ1) is 17.9. The molecule has 1 N–H and O–H groups in total. The lowest BCUT2D eigenvalue weighted by molar-refractivity contribution is -0.140. The number of hydrogen-bond acceptors (Lipinski definition) is 4. The van der Waals surface area contributed by atoms with Crippen LogP contribution in [0.25, 0.3) is 0 Å². The lowest BCUT2D eigenvalue weighted by atomic mass is 10.0. The summed E-state index contributed by atoms with van der Waals surface area (Å²) in [4.78, 5) is 29.0. The predicted molar refractivity (Wildman–Crippen MR) is 152 cm³/mol. The molecule has 38 heavy (non-hydrogen) atoms. The molecule has 2 amide bonds. The third kappa shape index (κ3) is 8.18. The molecule has 3 aromatic carbocycles. The van der Waals surface area contributed by atoms with E-state index in [0.29, 0.717) is 12.1 Å². The maximum absolute atomic E-state index is 14.0. The molecular formula is C30H37N3O4S. The van der Waals surface area contributed by atoms with E-state index in [2.05, 4.69) is 5.32 Å². The third-order valence-corrected chi connectivity index (χ3v) is 7.28. The quantitative estimate of drug-likeness (QED) is 0.398. The number of amides is 2. The summed E-state index contributed by atoms with van der Waals surface area (Å²) in [7, 11) is -3.78. The van der Waals surface area contributed by atoms with E-state index in [9.17, 15) is 18.0 Å². The maximum Gasteiger partial charge on any atom is 0.244 e. The Kier molecular flexibility index (Phi) is 9.69. The van der Waals surface area contributed by atoms with E-state index >= 15 is 0 Å². The van der Waals surface area contributed by atoms with Gasteiger partial charge in [0.05, 0.1) is 11.9 Å². The molecule has 7 nitrogen and oxygen atoms in total. The second-order valence-electron chi connectivity index (χ2n) is 9.98. The second kappa shape index (κ2) is 12.7. The van der Waals surface area contributed by atoms with Gasteiger partial charge in [0.15, 0.2) is 0 Å². The molecule has 1 atom stereocenters. The summed E-state index contributed by atoms with van der Waals surface area (Å²) in [5.41, 5.74) is 4.10. The Morgan fingerprint density at radius 2 is 1.50 bits per heavy atom. The molecule has 0 aliphatic heterocycles. The van der Waals surface area contributed by atoms with Crippen molar-refractivity contribution in [2.75, 3.05) is 17.1 Å². The first-order valence-corrected chi connectivity index (χ1v) is 14.5. The van der Waals surface area contributed by atoms with Crippen LogP contribution in [-0.2, 0) is 32.6 Å². The largest absolute Gasteiger partial charge is 0.352 e. The first kappa shape index (κ1) is 28.9. The van der Waals surface area contributed by atoms with Crippen LogP contribution in [-0.4, -0.2) is 50.0 Å². The van der Waals surface area contributed by atoms with E-state index in [1.807, 2.05) is 88.4 Å². The van der Waals surface area contributed by atoms with Crippen LogP contribution in [0.1, 0.15) is 36.1 Å². The number of nitrogens with one attached hydrogen (secondary N) is 1. The Hall–Kier alpha value is -3.65. The minimum Gasteiger partial charge on any atom is -0.352 e. The highest BCUT2D eigenvalue weighted by molar-refractivity contribution is 7.92. The summed E-state index contributed by atoms with van der Waals surface area (Å²) in [5.74, 6) is -0.747. The van der Waals surface area contributed by atoms with Crippen LogP contribution in [0.3, 0.4) is 0 Å². The Labute approximate surface area is 226 Å². The highest BCUT2D eigenvalue weighted by Crippen LogP contribution is 2.21. The molecule has 0 aromatic heterocycles. The van der Waals surface area contributed by atoms with Crippen molar-refractivity contribution >= 4 is 27.5 Å². The normalized spacial score (nSPS) is 12.2. The Morgan fingerprint density at radius 1 is 0.842 bits per heavy atom. The molecule has 0 aliphatic rings. The van der Waals surface area contributed by atoms with Gasteiger partial charge in [-0.15, -0.1) is 0 Å². The smallest absolute Gasteiger partial charge is 0.244 e. The Bertz CT molecular complexity index is 1340. The van der Waals surface area contributed by atoms with Gasteiger partial charge in [-0.05, 0) is 56.5 Å². The monoisotopic (exact) mass is 535 g/mol. The number of rotatable bonds is 11. The number of nitrogens with zero attached hydrogens (tertiary/aromatic N) is 2. The average molecular weight is 536 g/mol. The molecule has 0 spiro atoms. The number of aryl methyl sites for hydroxylation is 2. The lowest BCUT2D eigenvalue weighted by Gasteiger charge is -2.34. The molecule has 0 saturated heterocycles. The van der Waals surface area contributed by atoms with E-state index in [0.717, 1.165) is 32.8 Å². The van der Waals surface area contributed by atoms with Crippen LogP contribution < -0.4 is 9.62 Å². The van der Waals surface area contributed by atoms with Crippen molar-refractivity contribution in [1.29, 1.82) is 0 Å². The highest BCUT2D eigenvalue weighted by Gasteiger charge is 2.33. The van der Waals surface area contributed by atoms with Gasteiger partial charge < -0.3 is 10.2 Å². The predicted octanol–water partition coefficient (Wildman–Crippen LogP) is 4.23. The lowest BCUT2D eigenvalue weighted by Crippen LogP contribution is -2.54. The van der Waals surface area contributed by atoms with E-state index < -0.39 is 28.5 Å². The highest BCUT2D eigenvalue weighted by atomic mass is 32.2. The fourth-order valence-corrected chi connectivity index (χ4v) is 5.06. The summed E-state index contributed by atoms with van der Waals surface area (Å²) in [6, 6.07) is 23.3. The van der Waals surface area contributed by atoms with Crippen molar-refractivity contribution in [1.82, 2.24) is 10.2 Å². The van der Waals surface area contributed by atoms with E-state index in [4.69, 9.17) is 0 Å². The number of anilines is 1. The fourth-order valence-electron chi connectivity index (χ4n) is 4.22. The molecular weight excluding hydrogens is 498 g/mol. The molecule has 8 heteroatoms. The van der Waals surface area contributed by atoms with Gasteiger partial charge in [-0.2, -0.15) is 0 Å². The van der Waals surface area contributed by atoms with Gasteiger partial charge in [0.1, 0.15) is 12.6 Å². The van der Waals surface area contributed by atoms with Crippen LogP contribution in [0.2, 0.25) is 0 Å². The first-order valence-electron chi connectivity index (χ1n) is 12.7. The fraction of sp³-hybridized carbons (Fsp3) is 0.333. The molecule has 0 saturated carbocycles. The number of sulfonamides is 1. The standard InChI is InChI=1S/C30H37N3O4S/c1-22(2)31-30(35)28(19-25-11-7-6-8-12-25)32(20-26-16-14-23(3)15-17-26)29(34)21-33(38(5,36)37)27-13-9-10-24(4)18-27/h6-18,22,28H,19-21H2,1-5H3,(H,31,35)/t28-/m1/s1. The number of hydrogen-bond donors (Lipinski definition) is 1. The van der Waals surface area contributed by atoms with Crippen molar-refractivity contribution < 1.29 is 18.0 Å². The summed E-state index contributed by atoms with van der Waals surface area (Å²) in [6.07, 6.45) is 1.38. The maximum atomic E-state index is 14.0. The van der Waals surface area contributed by atoms with Crippen LogP contribution in [0.15, 0.2) is 78.9 Å². The summed E-state index contributed by atoms with van der Waals surface area (Å²) >= 11 is 0. The Morgan fingerprint density at radius 3 is 2.08 bits per heavy atom. The zero-order valence-electron chi connectivity index (χ0n) is 22.7. The topological polar surface area (TPSA) is 86.8 Å². The molecule has 0 radical (unpaired) electrons. The van der Waals surface area contributed by atoms with Crippen molar-refractivity contribution in [3.63, 3.8) is 0 Å². The zero-order valence-corrected chi connectivity index (χ0v) is 23.5. The van der Waals surface area contributed by atoms with Crippen LogP contribution in [0, 0.1) is 13.8 Å². The van der Waals surface area contributed by atoms with Crippen LogP contribution >= 0.6 is 0 Å². The molecule has 202 valence electrons. The molecule has 3 rings (SSSR count). The number of benzene rings is 3. The van der Waals surface area contributed by atoms with Gasteiger partial charge >= 0.3 is 0 Å². The van der Waals surface area contributed by atoms with Crippen LogP contribution in [0.4, 0.5) is 5.69 Å². The minimum atomic E-state index is -3.78. The van der Waals surface area contributed by atoms with Crippen molar-refractivity contribution in [3.8, 4) is 0 Å². The van der Waals surface area contributed by atoms with Gasteiger partial charge in [-0.3, -0.25) is 13.9 Å². The summed E-state index contributed by atoms with van der Waals surface area (Å²) in [6.45, 7) is 7.32. The SMILES string of the molecule is Cc1ccc(CN(C(=O)CN(c2cccc(C)c2)S(C)(=O)=O)[C@H](Cc2ccccc2)C(=O)NC(C)C)cc1. The van der Waals surface area contributed by atoms with E-state index in [-0.39, 0.29) is 18.5 Å². The molecule has 0 bridgehead atoms. The number of carbonyl (C=O) groups excluding carboxylic acids is 2. The third-order valence-electron chi connectivity index (χ3n) is 6.14. The summed E-state index contributed by atoms with van der Waals surface area (Å²) < 4.78 is 26.7. The molecule has 0 aliphatic carbocycles. The van der Waals surface area contributed by atoms with Gasteiger partial charge in [-0.1, -0.05) is 72.3 Å².